The second kappa shape index (κ2) is 10.1. The molecule has 4 unspecified atom stereocenters. The molecule has 0 aliphatic rings. The van der Waals surface area contributed by atoms with Gasteiger partial charge in [0.2, 0.25) is 0 Å². The molecule has 4 atom stereocenters. The molecule has 0 spiro atoms. The summed E-state index contributed by atoms with van der Waals surface area (Å²) in [6.07, 6.45) is -2.60. The number of ether oxygens (including phenoxy) is 1. The Morgan fingerprint density at radius 2 is 1.45 bits per heavy atom. The summed E-state index contributed by atoms with van der Waals surface area (Å²) in [4.78, 5) is 11.5. The van der Waals surface area contributed by atoms with Crippen LogP contribution < -0.4 is 21.7 Å². The number of nitrogens with one attached hydrogen (secondary N) is 3. The highest BCUT2D eigenvalue weighted by Crippen LogP contribution is 2.12. The summed E-state index contributed by atoms with van der Waals surface area (Å²) >= 11 is 0. The maximum atomic E-state index is 11.5. The third kappa shape index (κ3) is 10.0. The van der Waals surface area contributed by atoms with Gasteiger partial charge in [-0.25, -0.2) is 0 Å². The average Bonchev–Trinajstić information content (AvgIpc) is 2.23. The monoisotopic (exact) mass is 322 g/mol. The fraction of sp³-hybridized carbons (Fsp3) is 0.923. The molecule has 0 fully saturated rings. The lowest BCUT2D eigenvalue weighted by atomic mass is 10.1. The van der Waals surface area contributed by atoms with E-state index in [0.29, 0.717) is 12.8 Å². The smallest absolute Gasteiger partial charge is 0.307 e. The number of hydrogen-bond acceptors (Lipinski definition) is 9. The topological polar surface area (TPSA) is 149 Å². The Morgan fingerprint density at radius 1 is 1.05 bits per heavy atom. The standard InChI is InChI=1S/C13H30N4O5/c1-8(14)22-12(21)6-5-7-13(15-9(2)18,16-10(3)19)17-11(4)20/h8-11,15-20H,5-7,14H2,1-4H3. The van der Waals surface area contributed by atoms with Crippen molar-refractivity contribution in [1.82, 2.24) is 16.0 Å². The fourth-order valence-electron chi connectivity index (χ4n) is 2.18. The van der Waals surface area contributed by atoms with Gasteiger partial charge in [-0.05, 0) is 40.5 Å². The zero-order valence-electron chi connectivity index (χ0n) is 13.7. The van der Waals surface area contributed by atoms with Gasteiger partial charge in [0.25, 0.3) is 0 Å². The van der Waals surface area contributed by atoms with Crippen molar-refractivity contribution in [2.24, 2.45) is 5.73 Å². The molecule has 0 aromatic heterocycles. The van der Waals surface area contributed by atoms with Crippen molar-refractivity contribution in [3.8, 4) is 0 Å². The normalized spacial score (nSPS) is 19.8. The molecular weight excluding hydrogens is 292 g/mol. The number of esters is 1. The summed E-state index contributed by atoms with van der Waals surface area (Å²) in [6.45, 7) is 6.08. The van der Waals surface area contributed by atoms with Crippen LogP contribution in [-0.2, 0) is 9.53 Å². The highest BCUT2D eigenvalue weighted by Gasteiger charge is 2.32. The Balaban J connectivity index is 4.77. The van der Waals surface area contributed by atoms with Gasteiger partial charge < -0.3 is 20.1 Å². The molecule has 0 heterocycles. The molecule has 0 amide bonds. The van der Waals surface area contributed by atoms with Crippen LogP contribution in [0.2, 0.25) is 0 Å². The first kappa shape index (κ1) is 21.2. The molecule has 0 saturated heterocycles. The minimum absolute atomic E-state index is 0.119. The second-order valence-corrected chi connectivity index (χ2v) is 5.41. The van der Waals surface area contributed by atoms with Crippen molar-refractivity contribution in [3.05, 3.63) is 0 Å². The number of carbonyl (C=O) groups excluding carboxylic acids is 1. The van der Waals surface area contributed by atoms with E-state index < -0.39 is 36.7 Å². The van der Waals surface area contributed by atoms with Crippen LogP contribution in [0.15, 0.2) is 0 Å². The Kier molecular flexibility index (Phi) is 9.69. The van der Waals surface area contributed by atoms with Crippen molar-refractivity contribution in [3.63, 3.8) is 0 Å². The Bertz CT molecular complexity index is 297. The van der Waals surface area contributed by atoms with Gasteiger partial charge in [-0.2, -0.15) is 0 Å². The largest absolute Gasteiger partial charge is 0.447 e. The van der Waals surface area contributed by atoms with E-state index >= 15 is 0 Å². The lowest BCUT2D eigenvalue weighted by Gasteiger charge is -2.40. The Labute approximate surface area is 131 Å². The van der Waals surface area contributed by atoms with Crippen molar-refractivity contribution in [2.75, 3.05) is 0 Å². The van der Waals surface area contributed by atoms with Crippen LogP contribution in [0.1, 0.15) is 47.0 Å². The van der Waals surface area contributed by atoms with Crippen LogP contribution in [0.25, 0.3) is 0 Å². The minimum atomic E-state index is -1.15. The summed E-state index contributed by atoms with van der Waals surface area (Å²) in [7, 11) is 0. The SMILES string of the molecule is CC(O)NC(CCCC(=O)OC(C)N)(NC(C)O)NC(C)O. The third-order valence-corrected chi connectivity index (χ3v) is 2.62. The summed E-state index contributed by atoms with van der Waals surface area (Å²) in [5, 5.41) is 37.2. The number of aliphatic hydroxyl groups is 3. The quantitative estimate of drug-likeness (QED) is 0.177. The van der Waals surface area contributed by atoms with Crippen LogP contribution in [0.4, 0.5) is 0 Å². The van der Waals surface area contributed by atoms with Crippen LogP contribution in [-0.4, -0.2) is 52.0 Å². The molecular formula is C13H30N4O5. The van der Waals surface area contributed by atoms with Crippen LogP contribution in [0.3, 0.4) is 0 Å². The first-order valence-corrected chi connectivity index (χ1v) is 7.38. The predicted molar refractivity (Wildman–Crippen MR) is 80.8 cm³/mol. The number of hydrogen-bond donors (Lipinski definition) is 7. The molecule has 0 aliphatic heterocycles. The average molecular weight is 322 g/mol. The lowest BCUT2D eigenvalue weighted by molar-refractivity contribution is -0.148. The Morgan fingerprint density at radius 3 is 1.77 bits per heavy atom. The maximum Gasteiger partial charge on any atom is 0.307 e. The first-order chi connectivity index (χ1) is 10.1. The summed E-state index contributed by atoms with van der Waals surface area (Å²) in [5.41, 5.74) is 5.37. The van der Waals surface area contributed by atoms with E-state index in [4.69, 9.17) is 10.5 Å². The molecule has 0 aliphatic carbocycles. The third-order valence-electron chi connectivity index (χ3n) is 2.62. The lowest BCUT2D eigenvalue weighted by Crippen LogP contribution is -2.71. The van der Waals surface area contributed by atoms with Crippen molar-refractivity contribution >= 4 is 5.97 Å². The molecule has 0 radical (unpaired) electrons. The van der Waals surface area contributed by atoms with Crippen molar-refractivity contribution < 1.29 is 24.9 Å². The molecule has 0 bridgehead atoms. The first-order valence-electron chi connectivity index (χ1n) is 7.38. The molecule has 0 aromatic rings. The summed E-state index contributed by atoms with van der Waals surface area (Å²) < 4.78 is 4.84. The maximum absolute atomic E-state index is 11.5. The molecule has 9 nitrogen and oxygen atoms in total. The van der Waals surface area contributed by atoms with E-state index in [1.807, 2.05) is 0 Å². The summed E-state index contributed by atoms with van der Waals surface area (Å²) in [5.74, 6) is -1.58. The summed E-state index contributed by atoms with van der Waals surface area (Å²) in [6, 6.07) is 0. The number of carbonyl (C=O) groups is 1. The molecule has 0 saturated carbocycles. The van der Waals surface area contributed by atoms with Gasteiger partial charge in [0.15, 0.2) is 0 Å². The molecule has 0 aromatic carbocycles. The van der Waals surface area contributed by atoms with E-state index in [9.17, 15) is 20.1 Å². The zero-order valence-corrected chi connectivity index (χ0v) is 13.7. The van der Waals surface area contributed by atoms with E-state index in [1.54, 1.807) is 6.92 Å². The van der Waals surface area contributed by atoms with Gasteiger partial charge in [0.05, 0.1) is 0 Å². The Hall–Kier alpha value is -0.810. The highest BCUT2D eigenvalue weighted by molar-refractivity contribution is 5.69. The molecule has 22 heavy (non-hydrogen) atoms. The highest BCUT2D eigenvalue weighted by atomic mass is 16.6. The van der Waals surface area contributed by atoms with Gasteiger partial charge in [-0.3, -0.25) is 26.5 Å². The minimum Gasteiger partial charge on any atom is -0.447 e. The van der Waals surface area contributed by atoms with Gasteiger partial charge in [0.1, 0.15) is 30.7 Å². The van der Waals surface area contributed by atoms with Crippen LogP contribution in [0, 0.1) is 0 Å². The van der Waals surface area contributed by atoms with Crippen LogP contribution >= 0.6 is 0 Å². The number of nitrogens with two attached hydrogens (primary N) is 1. The van der Waals surface area contributed by atoms with Gasteiger partial charge in [-0.15, -0.1) is 0 Å². The van der Waals surface area contributed by atoms with Crippen molar-refractivity contribution in [1.29, 1.82) is 0 Å². The van der Waals surface area contributed by atoms with Gasteiger partial charge in [0, 0.05) is 6.42 Å². The molecule has 0 rings (SSSR count). The number of rotatable bonds is 11. The zero-order chi connectivity index (χ0) is 17.3. The van der Waals surface area contributed by atoms with Crippen molar-refractivity contribution in [2.45, 2.75) is 77.7 Å². The predicted octanol–water partition coefficient (Wildman–Crippen LogP) is -1.56. The van der Waals surface area contributed by atoms with E-state index in [2.05, 4.69) is 16.0 Å². The van der Waals surface area contributed by atoms with Gasteiger partial charge >= 0.3 is 5.97 Å². The number of aliphatic hydroxyl groups excluding tert-OH is 3. The van der Waals surface area contributed by atoms with Crippen LogP contribution in [0.5, 0.6) is 0 Å². The second-order valence-electron chi connectivity index (χ2n) is 5.41. The molecule has 132 valence electrons. The molecule has 8 N–H and O–H groups in total. The molecule has 9 heteroatoms. The van der Waals surface area contributed by atoms with E-state index in [1.165, 1.54) is 20.8 Å². The van der Waals surface area contributed by atoms with E-state index in [0.717, 1.165) is 0 Å². The fourth-order valence-corrected chi connectivity index (χ4v) is 2.18. The van der Waals surface area contributed by atoms with E-state index in [-0.39, 0.29) is 6.42 Å². The van der Waals surface area contributed by atoms with Gasteiger partial charge in [-0.1, -0.05) is 0 Å².